The summed E-state index contributed by atoms with van der Waals surface area (Å²) in [5, 5.41) is 0. The Balaban J connectivity index is 4.24. The van der Waals surface area contributed by atoms with E-state index in [-0.39, 0.29) is 25.8 Å². The van der Waals surface area contributed by atoms with E-state index in [1.54, 1.807) is 0 Å². The van der Waals surface area contributed by atoms with Gasteiger partial charge in [0.15, 0.2) is 0 Å². The summed E-state index contributed by atoms with van der Waals surface area (Å²) in [5.41, 5.74) is 0. The van der Waals surface area contributed by atoms with E-state index in [9.17, 15) is 14.3 Å². The Morgan fingerprint density at radius 1 is 0.566 bits per heavy atom. The zero-order valence-corrected chi connectivity index (χ0v) is 36.4. The summed E-state index contributed by atoms with van der Waals surface area (Å²) in [6.07, 6.45) is 42.0. The molecule has 0 radical (unpaired) electrons. The fourth-order valence-corrected chi connectivity index (χ4v) is 6.75. The lowest BCUT2D eigenvalue weighted by Gasteiger charge is -2.24. The topological polar surface area (TPSA) is 91.3 Å². The molecule has 2 unspecified atom stereocenters. The molecule has 0 aromatic heterocycles. The van der Waals surface area contributed by atoms with Gasteiger partial charge in [0, 0.05) is 13.0 Å². The number of hydrogen-bond acceptors (Lipinski definition) is 6. The zero-order valence-electron chi connectivity index (χ0n) is 35.5. The Hall–Kier alpha value is -1.02. The molecule has 0 heterocycles. The first-order chi connectivity index (χ1) is 25.6. The van der Waals surface area contributed by atoms with Gasteiger partial charge in [-0.2, -0.15) is 0 Å². The summed E-state index contributed by atoms with van der Waals surface area (Å²) in [4.78, 5) is 22.9. The van der Waals surface area contributed by atoms with Crippen LogP contribution >= 0.6 is 7.82 Å². The van der Waals surface area contributed by atoms with E-state index in [0.717, 1.165) is 44.9 Å². The molecule has 53 heavy (non-hydrogen) atoms. The van der Waals surface area contributed by atoms with Gasteiger partial charge in [0.05, 0.1) is 34.4 Å². The molecule has 0 amide bonds. The summed E-state index contributed by atoms with van der Waals surface area (Å²) in [6, 6.07) is 0. The van der Waals surface area contributed by atoms with Crippen molar-refractivity contribution in [3.8, 4) is 0 Å². The minimum absolute atomic E-state index is 0.0870. The maximum Gasteiger partial charge on any atom is 0.472 e. The molecule has 0 aliphatic heterocycles. The van der Waals surface area contributed by atoms with Gasteiger partial charge in [-0.25, -0.2) is 4.57 Å². The van der Waals surface area contributed by atoms with Crippen LogP contribution in [-0.4, -0.2) is 75.6 Å². The van der Waals surface area contributed by atoms with Crippen molar-refractivity contribution in [1.82, 2.24) is 0 Å². The fourth-order valence-electron chi connectivity index (χ4n) is 6.01. The SMILES string of the molecule is CCCCCCC/C=C\CCCCCCCC(=O)OC(COCCCCCCCC/C=C\CCCCCCCCC)COP(=O)(O)OCC[N+](C)(C)C. The number of allylic oxidation sites excluding steroid dienone is 4. The second kappa shape index (κ2) is 37.9. The molecule has 0 aromatic carbocycles. The van der Waals surface area contributed by atoms with Gasteiger partial charge >= 0.3 is 13.8 Å². The van der Waals surface area contributed by atoms with Crippen LogP contribution in [0.5, 0.6) is 0 Å². The van der Waals surface area contributed by atoms with Gasteiger partial charge in [-0.05, 0) is 64.2 Å². The maximum absolute atomic E-state index is 12.7. The van der Waals surface area contributed by atoms with Crippen molar-refractivity contribution in [2.24, 2.45) is 0 Å². The average molecular weight is 773 g/mol. The Morgan fingerprint density at radius 3 is 1.43 bits per heavy atom. The molecule has 314 valence electrons. The molecule has 0 bridgehead atoms. The lowest BCUT2D eigenvalue weighted by atomic mass is 10.1. The van der Waals surface area contributed by atoms with Crippen LogP contribution in [0.15, 0.2) is 24.3 Å². The smallest absolute Gasteiger partial charge is 0.457 e. The lowest BCUT2D eigenvalue weighted by Crippen LogP contribution is -2.37. The fraction of sp³-hybridized carbons (Fsp3) is 0.886. The molecule has 0 aliphatic carbocycles. The first kappa shape index (κ1) is 52.0. The summed E-state index contributed by atoms with van der Waals surface area (Å²) >= 11 is 0. The summed E-state index contributed by atoms with van der Waals surface area (Å²) in [6.45, 7) is 5.60. The molecule has 2 atom stereocenters. The monoisotopic (exact) mass is 773 g/mol. The van der Waals surface area contributed by atoms with Crippen molar-refractivity contribution in [2.75, 3.05) is 54.1 Å². The molecule has 0 spiro atoms. The highest BCUT2D eigenvalue weighted by Crippen LogP contribution is 2.43. The quantitative estimate of drug-likeness (QED) is 0.0217. The number of quaternary nitrogens is 1. The zero-order chi connectivity index (χ0) is 39.1. The average Bonchev–Trinajstić information content (AvgIpc) is 3.11. The third-order valence-corrected chi connectivity index (χ3v) is 10.5. The second-order valence-corrected chi connectivity index (χ2v) is 17.5. The van der Waals surface area contributed by atoms with Gasteiger partial charge in [-0.1, -0.05) is 147 Å². The molecule has 8 nitrogen and oxygen atoms in total. The number of hydrogen-bond donors (Lipinski definition) is 1. The third kappa shape index (κ3) is 42.0. The standard InChI is InChI=1S/C44H86NO7P/c1-6-8-10-12-14-16-18-20-22-23-24-26-28-30-32-34-36-39-49-41-43(42-51-53(47,48)50-40-38-45(3,4)5)52-44(46)37-35-33-31-29-27-25-21-19-17-15-13-11-9-7-2/h19,21-23,43H,6-18,20,24-42H2,1-5H3/p+1/b21-19-,23-22-. The van der Waals surface area contributed by atoms with E-state index in [1.807, 2.05) is 21.1 Å². The van der Waals surface area contributed by atoms with Crippen LogP contribution < -0.4 is 0 Å². The minimum Gasteiger partial charge on any atom is -0.457 e. The van der Waals surface area contributed by atoms with Gasteiger partial charge in [0.25, 0.3) is 0 Å². The molecule has 0 saturated heterocycles. The molecule has 0 aromatic rings. The second-order valence-electron chi connectivity index (χ2n) is 16.1. The summed E-state index contributed by atoms with van der Waals surface area (Å²) < 4.78 is 35.0. The van der Waals surface area contributed by atoms with Crippen LogP contribution in [0.1, 0.15) is 194 Å². The molecule has 0 aliphatic rings. The Bertz CT molecular complexity index is 905. The highest BCUT2D eigenvalue weighted by molar-refractivity contribution is 7.47. The molecule has 9 heteroatoms. The van der Waals surface area contributed by atoms with E-state index in [0.29, 0.717) is 24.1 Å². The lowest BCUT2D eigenvalue weighted by molar-refractivity contribution is -0.870. The predicted octanol–water partition coefficient (Wildman–Crippen LogP) is 12.8. The van der Waals surface area contributed by atoms with Crippen LogP contribution in [0.25, 0.3) is 0 Å². The minimum atomic E-state index is -4.27. The van der Waals surface area contributed by atoms with Gasteiger partial charge in [-0.15, -0.1) is 0 Å². The number of phosphoric ester groups is 1. The third-order valence-electron chi connectivity index (χ3n) is 9.49. The first-order valence-electron chi connectivity index (χ1n) is 22.1. The van der Waals surface area contributed by atoms with Crippen molar-refractivity contribution in [2.45, 2.75) is 200 Å². The van der Waals surface area contributed by atoms with E-state index in [2.05, 4.69) is 38.2 Å². The summed E-state index contributed by atoms with van der Waals surface area (Å²) in [5.74, 6) is -0.324. The number of unbranched alkanes of at least 4 members (excludes halogenated alkanes) is 23. The van der Waals surface area contributed by atoms with Crippen molar-refractivity contribution in [1.29, 1.82) is 0 Å². The molecule has 0 fully saturated rings. The first-order valence-corrected chi connectivity index (χ1v) is 23.6. The maximum atomic E-state index is 12.7. The van der Waals surface area contributed by atoms with Crippen molar-refractivity contribution >= 4 is 13.8 Å². The van der Waals surface area contributed by atoms with Crippen LogP contribution in [0.3, 0.4) is 0 Å². The normalized spacial score (nSPS) is 14.0. The van der Waals surface area contributed by atoms with Crippen LogP contribution in [0.2, 0.25) is 0 Å². The number of carbonyl (C=O) groups is 1. The molecule has 1 N–H and O–H groups in total. The molecular formula is C44H87NO7P+. The number of likely N-dealkylation sites (N-methyl/N-ethyl adjacent to an activating group) is 1. The number of esters is 1. The number of ether oxygens (including phenoxy) is 2. The van der Waals surface area contributed by atoms with Gasteiger partial charge in [-0.3, -0.25) is 13.8 Å². The predicted molar refractivity (Wildman–Crippen MR) is 224 cm³/mol. The van der Waals surface area contributed by atoms with E-state index < -0.39 is 13.9 Å². The summed E-state index contributed by atoms with van der Waals surface area (Å²) in [7, 11) is 1.66. The molecule has 0 saturated carbocycles. The van der Waals surface area contributed by atoms with E-state index in [4.69, 9.17) is 18.5 Å². The van der Waals surface area contributed by atoms with Gasteiger partial charge in [0.2, 0.25) is 0 Å². The van der Waals surface area contributed by atoms with Crippen molar-refractivity contribution in [3.63, 3.8) is 0 Å². The molecule has 0 rings (SSSR count). The Morgan fingerprint density at radius 2 is 0.981 bits per heavy atom. The largest absolute Gasteiger partial charge is 0.472 e. The highest BCUT2D eigenvalue weighted by Gasteiger charge is 2.26. The Kier molecular flexibility index (Phi) is 37.2. The van der Waals surface area contributed by atoms with Crippen LogP contribution in [0.4, 0.5) is 0 Å². The molecular weight excluding hydrogens is 685 g/mol. The Labute approximate surface area is 328 Å². The van der Waals surface area contributed by atoms with E-state index in [1.165, 1.54) is 128 Å². The number of carbonyl (C=O) groups excluding carboxylic acids is 1. The number of nitrogens with zero attached hydrogens (tertiary/aromatic N) is 1. The van der Waals surface area contributed by atoms with Crippen molar-refractivity contribution in [3.05, 3.63) is 24.3 Å². The number of rotatable bonds is 41. The van der Waals surface area contributed by atoms with Crippen molar-refractivity contribution < 1.29 is 37.3 Å². The van der Waals surface area contributed by atoms with Gasteiger partial charge < -0.3 is 18.9 Å². The van der Waals surface area contributed by atoms with Gasteiger partial charge in [0.1, 0.15) is 19.3 Å². The highest BCUT2D eigenvalue weighted by atomic mass is 31.2. The van der Waals surface area contributed by atoms with Crippen LogP contribution in [0, 0.1) is 0 Å². The van der Waals surface area contributed by atoms with E-state index >= 15 is 0 Å². The van der Waals surface area contributed by atoms with Crippen LogP contribution in [-0.2, 0) is 27.9 Å². The number of phosphoric acid groups is 1.